The predicted molar refractivity (Wildman–Crippen MR) is 101 cm³/mol. The first-order chi connectivity index (χ1) is 12.1. The van der Waals surface area contributed by atoms with E-state index in [4.69, 9.17) is 16.3 Å². The summed E-state index contributed by atoms with van der Waals surface area (Å²) in [6, 6.07) is 15.5. The van der Waals surface area contributed by atoms with Crippen LogP contribution in [0.1, 0.15) is 16.7 Å². The molecule has 0 bridgehead atoms. The van der Waals surface area contributed by atoms with Gasteiger partial charge in [0.15, 0.2) is 0 Å². The molecule has 0 spiro atoms. The molecule has 0 atom stereocenters. The summed E-state index contributed by atoms with van der Waals surface area (Å²) >= 11 is 5.91. The molecule has 0 saturated carbocycles. The molecular weight excluding hydrogens is 336 g/mol. The molecule has 0 N–H and O–H groups in total. The minimum Gasteiger partial charge on any atom is -0.461 e. The number of nitrogens with zero attached hydrogens (tertiary/aromatic N) is 2. The van der Waals surface area contributed by atoms with Crippen LogP contribution < -0.4 is 0 Å². The Morgan fingerprint density at radius 3 is 2.96 bits per heavy atom. The molecule has 128 valence electrons. The Labute approximate surface area is 152 Å². The van der Waals surface area contributed by atoms with Crippen molar-refractivity contribution in [2.24, 2.45) is 4.99 Å². The fourth-order valence-electron chi connectivity index (χ4n) is 2.66. The van der Waals surface area contributed by atoms with E-state index >= 15 is 0 Å². The lowest BCUT2D eigenvalue weighted by molar-refractivity contribution is -0.137. The molecule has 2 aromatic rings. The van der Waals surface area contributed by atoms with Crippen LogP contribution in [0.15, 0.2) is 59.6 Å². The summed E-state index contributed by atoms with van der Waals surface area (Å²) in [5, 5.41) is 0.634. The van der Waals surface area contributed by atoms with E-state index in [2.05, 4.69) is 17.1 Å². The molecule has 0 saturated heterocycles. The number of benzene rings is 2. The Morgan fingerprint density at radius 1 is 1.28 bits per heavy atom. The molecule has 1 heterocycles. The van der Waals surface area contributed by atoms with E-state index in [1.807, 2.05) is 36.2 Å². The van der Waals surface area contributed by atoms with E-state index in [9.17, 15) is 4.79 Å². The zero-order chi connectivity index (χ0) is 17.6. The Hall–Kier alpha value is -2.59. The number of aliphatic imine (C=N–C) groups is 1. The third-order valence-corrected chi connectivity index (χ3v) is 4.19. The van der Waals surface area contributed by atoms with Crippen molar-refractivity contribution in [3.63, 3.8) is 0 Å². The number of amidine groups is 1. The van der Waals surface area contributed by atoms with Crippen LogP contribution >= 0.6 is 11.6 Å². The van der Waals surface area contributed by atoms with Crippen LogP contribution in [0.25, 0.3) is 6.08 Å². The van der Waals surface area contributed by atoms with Gasteiger partial charge in [0.2, 0.25) is 0 Å². The monoisotopic (exact) mass is 354 g/mol. The molecule has 0 radical (unpaired) electrons. The molecule has 1 aliphatic rings. The zero-order valence-corrected chi connectivity index (χ0v) is 14.7. The van der Waals surface area contributed by atoms with Crippen molar-refractivity contribution in [2.45, 2.75) is 6.54 Å². The van der Waals surface area contributed by atoms with Crippen molar-refractivity contribution in [3.8, 4) is 0 Å². The van der Waals surface area contributed by atoms with Crippen molar-refractivity contribution in [3.05, 3.63) is 76.3 Å². The molecule has 0 aromatic heterocycles. The van der Waals surface area contributed by atoms with Gasteiger partial charge in [-0.15, -0.1) is 0 Å². The fraction of sp³-hybridized carbons (Fsp3) is 0.200. The SMILES string of the molecule is CN(CCOC(=O)/C=C/c1cccc(Cl)c1)C1=NCc2ccccc21. The van der Waals surface area contributed by atoms with Crippen molar-refractivity contribution < 1.29 is 9.53 Å². The second kappa shape index (κ2) is 7.99. The summed E-state index contributed by atoms with van der Waals surface area (Å²) in [7, 11) is 1.95. The average molecular weight is 355 g/mol. The maximum Gasteiger partial charge on any atom is 0.330 e. The number of rotatable bonds is 5. The summed E-state index contributed by atoms with van der Waals surface area (Å²) in [6.07, 6.45) is 3.10. The summed E-state index contributed by atoms with van der Waals surface area (Å²) in [5.41, 5.74) is 3.24. The normalized spacial score (nSPS) is 12.8. The van der Waals surface area contributed by atoms with Crippen LogP contribution in [0.3, 0.4) is 0 Å². The number of ether oxygens (including phenoxy) is 1. The third-order valence-electron chi connectivity index (χ3n) is 3.95. The molecule has 0 amide bonds. The second-order valence-electron chi connectivity index (χ2n) is 5.77. The number of carbonyl (C=O) groups excluding carboxylic acids is 1. The number of carbonyl (C=O) groups is 1. The van der Waals surface area contributed by atoms with E-state index in [-0.39, 0.29) is 5.97 Å². The maximum atomic E-state index is 11.8. The highest BCUT2D eigenvalue weighted by molar-refractivity contribution is 6.30. The standard InChI is InChI=1S/C20H19ClN2O2/c1-23(20-18-8-3-2-6-16(18)14-22-20)11-12-25-19(24)10-9-15-5-4-7-17(21)13-15/h2-10,13H,11-12,14H2,1H3/b10-9+. The molecule has 0 unspecified atom stereocenters. The van der Waals surface area contributed by atoms with Gasteiger partial charge in [0.25, 0.3) is 0 Å². The van der Waals surface area contributed by atoms with Crippen LogP contribution in [0.2, 0.25) is 5.02 Å². The first-order valence-corrected chi connectivity index (χ1v) is 8.45. The van der Waals surface area contributed by atoms with Gasteiger partial charge in [0.1, 0.15) is 12.4 Å². The minimum absolute atomic E-state index is 0.302. The highest BCUT2D eigenvalue weighted by Gasteiger charge is 2.18. The summed E-state index contributed by atoms with van der Waals surface area (Å²) in [6.45, 7) is 1.60. The first kappa shape index (κ1) is 17.2. The molecule has 0 aliphatic carbocycles. The second-order valence-corrected chi connectivity index (χ2v) is 6.21. The highest BCUT2D eigenvalue weighted by Crippen LogP contribution is 2.19. The van der Waals surface area contributed by atoms with Crippen LogP contribution in [-0.4, -0.2) is 36.9 Å². The largest absolute Gasteiger partial charge is 0.461 e. The van der Waals surface area contributed by atoms with Gasteiger partial charge in [-0.2, -0.15) is 0 Å². The van der Waals surface area contributed by atoms with Crippen LogP contribution in [-0.2, 0) is 16.1 Å². The molecule has 3 rings (SSSR count). The summed E-state index contributed by atoms with van der Waals surface area (Å²) < 4.78 is 5.26. The van der Waals surface area contributed by atoms with E-state index in [0.29, 0.717) is 24.7 Å². The van der Waals surface area contributed by atoms with Gasteiger partial charge in [-0.25, -0.2) is 4.79 Å². The Kier molecular flexibility index (Phi) is 5.51. The van der Waals surface area contributed by atoms with Gasteiger partial charge < -0.3 is 9.64 Å². The lowest BCUT2D eigenvalue weighted by Gasteiger charge is -2.19. The van der Waals surface area contributed by atoms with Gasteiger partial charge in [-0.05, 0) is 29.3 Å². The van der Waals surface area contributed by atoms with Crippen LogP contribution in [0, 0.1) is 0 Å². The number of halogens is 1. The summed E-state index contributed by atoms with van der Waals surface area (Å²) in [4.78, 5) is 18.4. The number of esters is 1. The molecule has 4 nitrogen and oxygen atoms in total. The first-order valence-electron chi connectivity index (χ1n) is 8.08. The smallest absolute Gasteiger partial charge is 0.330 e. The fourth-order valence-corrected chi connectivity index (χ4v) is 2.86. The van der Waals surface area contributed by atoms with E-state index in [0.717, 1.165) is 17.0 Å². The van der Waals surface area contributed by atoms with Crippen molar-refractivity contribution in [1.29, 1.82) is 0 Å². The number of fused-ring (bicyclic) bond motifs is 1. The lowest BCUT2D eigenvalue weighted by atomic mass is 10.1. The molecule has 2 aromatic carbocycles. The van der Waals surface area contributed by atoms with E-state index in [1.165, 1.54) is 11.6 Å². The molecular formula is C20H19ClN2O2. The van der Waals surface area contributed by atoms with Gasteiger partial charge in [-0.3, -0.25) is 4.99 Å². The highest BCUT2D eigenvalue weighted by atomic mass is 35.5. The predicted octanol–water partition coefficient (Wildman–Crippen LogP) is 3.79. The molecule has 25 heavy (non-hydrogen) atoms. The third kappa shape index (κ3) is 4.48. The maximum absolute atomic E-state index is 11.8. The van der Waals surface area contributed by atoms with E-state index in [1.54, 1.807) is 18.2 Å². The quantitative estimate of drug-likeness (QED) is 0.606. The summed E-state index contributed by atoms with van der Waals surface area (Å²) in [5.74, 6) is 0.572. The van der Waals surface area contributed by atoms with Crippen LogP contribution in [0.4, 0.5) is 0 Å². The molecule has 0 fully saturated rings. The van der Waals surface area contributed by atoms with E-state index < -0.39 is 0 Å². The molecule has 5 heteroatoms. The Balaban J connectivity index is 1.47. The number of hydrogen-bond acceptors (Lipinski definition) is 4. The number of hydrogen-bond donors (Lipinski definition) is 0. The Bertz CT molecular complexity index is 830. The lowest BCUT2D eigenvalue weighted by Crippen LogP contribution is -2.30. The molecule has 1 aliphatic heterocycles. The topological polar surface area (TPSA) is 41.9 Å². The van der Waals surface area contributed by atoms with Gasteiger partial charge in [0, 0.05) is 23.7 Å². The van der Waals surface area contributed by atoms with Gasteiger partial charge in [0.05, 0.1) is 13.1 Å². The van der Waals surface area contributed by atoms with Crippen molar-refractivity contribution in [2.75, 3.05) is 20.2 Å². The number of likely N-dealkylation sites (N-methyl/N-ethyl adjacent to an activating group) is 1. The zero-order valence-electron chi connectivity index (χ0n) is 14.0. The Morgan fingerprint density at radius 2 is 2.12 bits per heavy atom. The minimum atomic E-state index is -0.373. The van der Waals surface area contributed by atoms with Crippen molar-refractivity contribution in [1.82, 2.24) is 4.90 Å². The van der Waals surface area contributed by atoms with Crippen molar-refractivity contribution >= 4 is 29.5 Å². The van der Waals surface area contributed by atoms with Crippen LogP contribution in [0.5, 0.6) is 0 Å². The van der Waals surface area contributed by atoms with Gasteiger partial charge in [-0.1, -0.05) is 48.0 Å². The average Bonchev–Trinajstić information content (AvgIpc) is 3.04. The van der Waals surface area contributed by atoms with Gasteiger partial charge >= 0.3 is 5.97 Å².